The van der Waals surface area contributed by atoms with E-state index in [1.54, 1.807) is 0 Å². The summed E-state index contributed by atoms with van der Waals surface area (Å²) in [6, 6.07) is 10.7. The molecular formula is C22H25ClF2N4O. The number of unbranched alkanes of at least 4 members (excludes halogenated alkanes) is 1. The standard InChI is InChI=1S/C22H25ClF2N4O/c1-2-3-10-28(12-17-4-6-18(23)7-5-17)13-22(30,14-29-16-26-15-27-29)20-9-8-19(24)11-21(20)25/h4-9,11,15-16,30H,2-3,10,12-14H2,1H3. The third-order valence-corrected chi connectivity index (χ3v) is 5.21. The third kappa shape index (κ3) is 5.84. The van der Waals surface area contributed by atoms with Gasteiger partial charge < -0.3 is 5.11 Å². The van der Waals surface area contributed by atoms with Crippen LogP contribution in [0, 0.1) is 11.6 Å². The second kappa shape index (κ2) is 10.1. The summed E-state index contributed by atoms with van der Waals surface area (Å²) in [5.41, 5.74) is -0.582. The molecule has 1 unspecified atom stereocenters. The first-order valence-corrected chi connectivity index (χ1v) is 10.2. The summed E-state index contributed by atoms with van der Waals surface area (Å²) < 4.78 is 29.6. The van der Waals surface area contributed by atoms with E-state index >= 15 is 0 Å². The molecule has 0 aliphatic carbocycles. The van der Waals surface area contributed by atoms with Crippen LogP contribution in [0.15, 0.2) is 55.1 Å². The SMILES string of the molecule is CCCCN(Cc1ccc(Cl)cc1)CC(O)(Cn1cncn1)c1ccc(F)cc1F. The molecule has 0 radical (unpaired) electrons. The molecule has 1 atom stereocenters. The highest BCUT2D eigenvalue weighted by atomic mass is 35.5. The van der Waals surface area contributed by atoms with Gasteiger partial charge in [0.1, 0.15) is 29.9 Å². The summed E-state index contributed by atoms with van der Waals surface area (Å²) in [4.78, 5) is 5.96. The van der Waals surface area contributed by atoms with Gasteiger partial charge in [-0.2, -0.15) is 5.10 Å². The van der Waals surface area contributed by atoms with Gasteiger partial charge in [-0.3, -0.25) is 4.90 Å². The Kier molecular flexibility index (Phi) is 7.53. The molecule has 0 bridgehead atoms. The highest BCUT2D eigenvalue weighted by Crippen LogP contribution is 2.28. The fraction of sp³-hybridized carbons (Fsp3) is 0.364. The van der Waals surface area contributed by atoms with E-state index in [4.69, 9.17) is 11.6 Å². The van der Waals surface area contributed by atoms with Crippen molar-refractivity contribution in [3.05, 3.63) is 82.9 Å². The predicted molar refractivity (Wildman–Crippen MR) is 112 cm³/mol. The summed E-state index contributed by atoms with van der Waals surface area (Å²) in [5.74, 6) is -1.48. The van der Waals surface area contributed by atoms with E-state index in [1.165, 1.54) is 23.4 Å². The van der Waals surface area contributed by atoms with E-state index in [9.17, 15) is 13.9 Å². The average molecular weight is 435 g/mol. The average Bonchev–Trinajstić information content (AvgIpc) is 3.20. The molecular weight excluding hydrogens is 410 g/mol. The van der Waals surface area contributed by atoms with E-state index in [0.29, 0.717) is 18.1 Å². The number of halogens is 3. The van der Waals surface area contributed by atoms with Gasteiger partial charge in [0.2, 0.25) is 0 Å². The maximum Gasteiger partial charge on any atom is 0.137 e. The van der Waals surface area contributed by atoms with Gasteiger partial charge in [0.15, 0.2) is 0 Å². The van der Waals surface area contributed by atoms with Crippen LogP contribution in [0.2, 0.25) is 5.02 Å². The van der Waals surface area contributed by atoms with Gasteiger partial charge >= 0.3 is 0 Å². The molecule has 3 aromatic rings. The van der Waals surface area contributed by atoms with Gasteiger partial charge in [-0.15, -0.1) is 0 Å². The predicted octanol–water partition coefficient (Wildman–Crippen LogP) is 4.40. The number of benzene rings is 2. The van der Waals surface area contributed by atoms with Crippen molar-refractivity contribution in [3.8, 4) is 0 Å². The number of hydrogen-bond acceptors (Lipinski definition) is 4. The smallest absolute Gasteiger partial charge is 0.137 e. The van der Waals surface area contributed by atoms with Crippen molar-refractivity contribution >= 4 is 11.6 Å². The molecule has 1 heterocycles. The first kappa shape index (κ1) is 22.3. The minimum atomic E-state index is -1.63. The Balaban J connectivity index is 1.91. The van der Waals surface area contributed by atoms with E-state index in [0.717, 1.165) is 30.5 Å². The second-order valence-electron chi connectivity index (χ2n) is 7.44. The summed E-state index contributed by atoms with van der Waals surface area (Å²) in [7, 11) is 0. The Labute approximate surface area is 179 Å². The molecule has 2 aromatic carbocycles. The number of aromatic nitrogens is 3. The molecule has 3 rings (SSSR count). The molecule has 30 heavy (non-hydrogen) atoms. The monoisotopic (exact) mass is 434 g/mol. The molecule has 8 heteroatoms. The van der Waals surface area contributed by atoms with Crippen LogP contribution in [0.3, 0.4) is 0 Å². The minimum absolute atomic E-state index is 0.0151. The van der Waals surface area contributed by atoms with Gasteiger partial charge in [-0.1, -0.05) is 43.1 Å². The first-order valence-electron chi connectivity index (χ1n) is 9.87. The minimum Gasteiger partial charge on any atom is -0.382 e. The van der Waals surface area contributed by atoms with Gasteiger partial charge in [0, 0.05) is 29.7 Å². The molecule has 0 fully saturated rings. The molecule has 1 aromatic heterocycles. The van der Waals surface area contributed by atoms with E-state index in [1.807, 2.05) is 24.3 Å². The Hall–Kier alpha value is -2.35. The topological polar surface area (TPSA) is 54.2 Å². The summed E-state index contributed by atoms with van der Waals surface area (Å²) in [6.07, 6.45) is 4.70. The van der Waals surface area contributed by atoms with Crippen LogP contribution in [-0.2, 0) is 18.7 Å². The maximum atomic E-state index is 14.7. The lowest BCUT2D eigenvalue weighted by molar-refractivity contribution is -0.0240. The van der Waals surface area contributed by atoms with E-state index in [-0.39, 0.29) is 18.7 Å². The highest BCUT2D eigenvalue weighted by Gasteiger charge is 2.35. The van der Waals surface area contributed by atoms with Crippen molar-refractivity contribution in [2.24, 2.45) is 0 Å². The van der Waals surface area contributed by atoms with Crippen molar-refractivity contribution < 1.29 is 13.9 Å². The van der Waals surface area contributed by atoms with Crippen LogP contribution >= 0.6 is 11.6 Å². The number of aliphatic hydroxyl groups is 1. The van der Waals surface area contributed by atoms with E-state index < -0.39 is 17.2 Å². The quantitative estimate of drug-likeness (QED) is 0.514. The Morgan fingerprint density at radius 3 is 2.57 bits per heavy atom. The van der Waals surface area contributed by atoms with Crippen LogP contribution < -0.4 is 0 Å². The normalized spacial score (nSPS) is 13.5. The molecule has 0 aliphatic heterocycles. The summed E-state index contributed by atoms with van der Waals surface area (Å²) >= 11 is 5.99. The van der Waals surface area contributed by atoms with Crippen molar-refractivity contribution in [1.29, 1.82) is 0 Å². The molecule has 1 N–H and O–H groups in total. The van der Waals surface area contributed by atoms with Crippen molar-refractivity contribution in [3.63, 3.8) is 0 Å². The van der Waals surface area contributed by atoms with Gasteiger partial charge in [-0.25, -0.2) is 18.4 Å². The van der Waals surface area contributed by atoms with E-state index in [2.05, 4.69) is 21.9 Å². The molecule has 0 amide bonds. The molecule has 5 nitrogen and oxygen atoms in total. The fourth-order valence-electron chi connectivity index (χ4n) is 3.48. The Morgan fingerprint density at radius 2 is 1.93 bits per heavy atom. The lowest BCUT2D eigenvalue weighted by Crippen LogP contribution is -2.44. The Morgan fingerprint density at radius 1 is 1.17 bits per heavy atom. The lowest BCUT2D eigenvalue weighted by Gasteiger charge is -2.35. The molecule has 0 saturated heterocycles. The van der Waals surface area contributed by atoms with Crippen LogP contribution in [0.1, 0.15) is 30.9 Å². The summed E-state index contributed by atoms with van der Waals surface area (Å²) in [6.45, 7) is 3.47. The largest absolute Gasteiger partial charge is 0.382 e. The van der Waals surface area contributed by atoms with Crippen molar-refractivity contribution in [1.82, 2.24) is 19.7 Å². The number of rotatable bonds is 10. The van der Waals surface area contributed by atoms with Crippen LogP contribution in [0.25, 0.3) is 0 Å². The molecule has 0 spiro atoms. The van der Waals surface area contributed by atoms with Gasteiger partial charge in [0.05, 0.1) is 6.54 Å². The highest BCUT2D eigenvalue weighted by molar-refractivity contribution is 6.30. The molecule has 0 saturated carbocycles. The third-order valence-electron chi connectivity index (χ3n) is 4.96. The van der Waals surface area contributed by atoms with Gasteiger partial charge in [-0.05, 0) is 36.7 Å². The van der Waals surface area contributed by atoms with Crippen molar-refractivity contribution in [2.75, 3.05) is 13.1 Å². The second-order valence-corrected chi connectivity index (χ2v) is 7.88. The van der Waals surface area contributed by atoms with Crippen LogP contribution in [-0.4, -0.2) is 37.9 Å². The van der Waals surface area contributed by atoms with Crippen LogP contribution in [0.4, 0.5) is 8.78 Å². The zero-order valence-corrected chi connectivity index (χ0v) is 17.6. The van der Waals surface area contributed by atoms with Gasteiger partial charge in [0.25, 0.3) is 0 Å². The van der Waals surface area contributed by atoms with Crippen LogP contribution in [0.5, 0.6) is 0 Å². The molecule has 160 valence electrons. The first-order chi connectivity index (χ1) is 14.4. The zero-order valence-electron chi connectivity index (χ0n) is 16.8. The number of hydrogen-bond donors (Lipinski definition) is 1. The van der Waals surface area contributed by atoms with Crippen molar-refractivity contribution in [2.45, 2.75) is 38.5 Å². The number of nitrogens with zero attached hydrogens (tertiary/aromatic N) is 4. The fourth-order valence-corrected chi connectivity index (χ4v) is 3.61. The zero-order chi connectivity index (χ0) is 21.6. The summed E-state index contributed by atoms with van der Waals surface area (Å²) in [5, 5.41) is 16.3. The maximum absolute atomic E-state index is 14.7. The Bertz CT molecular complexity index is 937. The molecule has 0 aliphatic rings. The lowest BCUT2D eigenvalue weighted by atomic mass is 9.92.